The molecule has 0 saturated heterocycles. The highest BCUT2D eigenvalue weighted by molar-refractivity contribution is 5.89. The first-order chi connectivity index (χ1) is 9.02. The fraction of sp³-hybridized carbons (Fsp3) is 0. The molecule has 0 aliphatic rings. The van der Waals surface area contributed by atoms with E-state index in [1.165, 1.54) is 12.1 Å². The Morgan fingerprint density at radius 2 is 2.26 bits per heavy atom. The van der Waals surface area contributed by atoms with Gasteiger partial charge in [0.1, 0.15) is 18.1 Å². The fourth-order valence-corrected chi connectivity index (χ4v) is 1.43. The van der Waals surface area contributed by atoms with Crippen LogP contribution in [0.2, 0.25) is 0 Å². The SMILES string of the molecule is N#Cc1ncn(-c2ccc(C(=O)O)cc2[N+](=O)[O-])n1. The number of nitrogens with zero attached hydrogens (tertiary/aromatic N) is 5. The van der Waals surface area contributed by atoms with Crippen molar-refractivity contribution in [1.82, 2.24) is 14.8 Å². The van der Waals surface area contributed by atoms with Crippen molar-refractivity contribution < 1.29 is 14.8 Å². The first-order valence-electron chi connectivity index (χ1n) is 4.87. The molecule has 0 aliphatic heterocycles. The van der Waals surface area contributed by atoms with Crippen LogP contribution < -0.4 is 0 Å². The minimum absolute atomic E-state index is 0.0315. The zero-order chi connectivity index (χ0) is 14.0. The number of rotatable bonds is 3. The summed E-state index contributed by atoms with van der Waals surface area (Å²) in [4.78, 5) is 24.6. The van der Waals surface area contributed by atoms with E-state index in [1.54, 1.807) is 6.07 Å². The Balaban J connectivity index is 2.60. The number of aromatic nitrogens is 3. The van der Waals surface area contributed by atoms with Crippen molar-refractivity contribution in [3.05, 3.63) is 46.0 Å². The summed E-state index contributed by atoms with van der Waals surface area (Å²) < 4.78 is 1.04. The van der Waals surface area contributed by atoms with Crippen LogP contribution in [0.5, 0.6) is 0 Å². The van der Waals surface area contributed by atoms with Crippen LogP contribution in [0, 0.1) is 21.4 Å². The number of nitro groups is 1. The van der Waals surface area contributed by atoms with Crippen LogP contribution in [0.1, 0.15) is 16.2 Å². The summed E-state index contributed by atoms with van der Waals surface area (Å²) in [5, 5.41) is 32.0. The van der Waals surface area contributed by atoms with Gasteiger partial charge >= 0.3 is 5.97 Å². The molecule has 9 nitrogen and oxygen atoms in total. The summed E-state index contributed by atoms with van der Waals surface area (Å²) in [6.45, 7) is 0. The number of carboxylic acid groups (broad SMARTS) is 1. The van der Waals surface area contributed by atoms with Crippen molar-refractivity contribution in [2.75, 3.05) is 0 Å². The van der Waals surface area contributed by atoms with Crippen molar-refractivity contribution in [1.29, 1.82) is 5.26 Å². The van der Waals surface area contributed by atoms with Crippen molar-refractivity contribution in [2.45, 2.75) is 0 Å². The normalized spacial score (nSPS) is 9.84. The van der Waals surface area contributed by atoms with Gasteiger partial charge in [-0.2, -0.15) is 5.26 Å². The van der Waals surface area contributed by atoms with Crippen LogP contribution >= 0.6 is 0 Å². The second kappa shape index (κ2) is 4.53. The lowest BCUT2D eigenvalue weighted by Crippen LogP contribution is -2.04. The van der Waals surface area contributed by atoms with E-state index in [-0.39, 0.29) is 17.1 Å². The van der Waals surface area contributed by atoms with E-state index < -0.39 is 16.6 Å². The molecule has 0 fully saturated rings. The molecule has 1 aromatic heterocycles. The summed E-state index contributed by atoms with van der Waals surface area (Å²) in [6, 6.07) is 5.05. The van der Waals surface area contributed by atoms with Gasteiger partial charge in [0.2, 0.25) is 0 Å². The highest BCUT2D eigenvalue weighted by atomic mass is 16.6. The third kappa shape index (κ3) is 2.22. The third-order valence-electron chi connectivity index (χ3n) is 2.26. The van der Waals surface area contributed by atoms with E-state index in [0.717, 1.165) is 17.1 Å². The van der Waals surface area contributed by atoms with Crippen LogP contribution in [-0.4, -0.2) is 30.8 Å². The number of benzene rings is 1. The minimum Gasteiger partial charge on any atom is -0.478 e. The maximum atomic E-state index is 10.9. The molecule has 2 rings (SSSR count). The lowest BCUT2D eigenvalue weighted by atomic mass is 10.2. The molecule has 0 saturated carbocycles. The molecule has 0 amide bonds. The Kier molecular flexibility index (Phi) is 2.91. The summed E-state index contributed by atoms with van der Waals surface area (Å²) in [6.07, 6.45) is 1.14. The van der Waals surface area contributed by atoms with Crippen molar-refractivity contribution in [3.63, 3.8) is 0 Å². The van der Waals surface area contributed by atoms with Crippen LogP contribution in [0.15, 0.2) is 24.5 Å². The van der Waals surface area contributed by atoms with Gasteiger partial charge in [-0.3, -0.25) is 10.1 Å². The molecule has 0 spiro atoms. The molecule has 1 heterocycles. The summed E-state index contributed by atoms with van der Waals surface area (Å²) in [5.41, 5.74) is -0.616. The number of nitriles is 1. The molecule has 1 N–H and O–H groups in total. The van der Waals surface area contributed by atoms with Gasteiger partial charge < -0.3 is 5.11 Å². The first kappa shape index (κ1) is 12.2. The van der Waals surface area contributed by atoms with Gasteiger partial charge in [-0.05, 0) is 12.1 Å². The van der Waals surface area contributed by atoms with Gasteiger partial charge in [-0.1, -0.05) is 0 Å². The molecule has 0 atom stereocenters. The van der Waals surface area contributed by atoms with Crippen molar-refractivity contribution in [2.24, 2.45) is 0 Å². The second-order valence-electron chi connectivity index (χ2n) is 3.39. The minimum atomic E-state index is -1.27. The van der Waals surface area contributed by atoms with E-state index >= 15 is 0 Å². The van der Waals surface area contributed by atoms with Crippen LogP contribution in [-0.2, 0) is 0 Å². The number of hydrogen-bond acceptors (Lipinski definition) is 6. The van der Waals surface area contributed by atoms with Crippen molar-refractivity contribution >= 4 is 11.7 Å². The Hall–Kier alpha value is -3.28. The first-order valence-corrected chi connectivity index (χ1v) is 4.87. The molecule has 0 radical (unpaired) electrons. The maximum Gasteiger partial charge on any atom is 0.335 e. The van der Waals surface area contributed by atoms with Gasteiger partial charge in [0, 0.05) is 6.07 Å². The predicted molar refractivity (Wildman–Crippen MR) is 59.7 cm³/mol. The monoisotopic (exact) mass is 259 g/mol. The van der Waals surface area contributed by atoms with Crippen LogP contribution in [0.25, 0.3) is 5.69 Å². The average molecular weight is 259 g/mol. The smallest absolute Gasteiger partial charge is 0.335 e. The Bertz CT molecular complexity index is 715. The number of carbonyl (C=O) groups is 1. The highest BCUT2D eigenvalue weighted by Gasteiger charge is 2.19. The largest absolute Gasteiger partial charge is 0.478 e. The molecule has 2 aromatic rings. The molecule has 19 heavy (non-hydrogen) atoms. The molecule has 0 aliphatic carbocycles. The molecular weight excluding hydrogens is 254 g/mol. The molecule has 0 unspecified atom stereocenters. The Labute approximate surface area is 105 Å². The third-order valence-corrected chi connectivity index (χ3v) is 2.26. The molecule has 9 heteroatoms. The zero-order valence-corrected chi connectivity index (χ0v) is 9.22. The maximum absolute atomic E-state index is 10.9. The number of nitro benzene ring substituents is 1. The highest BCUT2D eigenvalue weighted by Crippen LogP contribution is 2.23. The van der Waals surface area contributed by atoms with E-state index in [9.17, 15) is 14.9 Å². The summed E-state index contributed by atoms with van der Waals surface area (Å²) in [5.74, 6) is -1.41. The summed E-state index contributed by atoms with van der Waals surface area (Å²) in [7, 11) is 0. The van der Waals surface area contributed by atoms with E-state index in [0.29, 0.717) is 0 Å². The van der Waals surface area contributed by atoms with Crippen LogP contribution in [0.3, 0.4) is 0 Å². The Morgan fingerprint density at radius 3 is 2.79 bits per heavy atom. The molecule has 0 bridgehead atoms. The lowest BCUT2D eigenvalue weighted by molar-refractivity contribution is -0.384. The van der Waals surface area contributed by atoms with Gasteiger partial charge in [-0.25, -0.2) is 14.5 Å². The lowest BCUT2D eigenvalue weighted by Gasteiger charge is -2.02. The fourth-order valence-electron chi connectivity index (χ4n) is 1.43. The number of aromatic carboxylic acids is 1. The molecule has 94 valence electrons. The van der Waals surface area contributed by atoms with Gasteiger partial charge in [0.15, 0.2) is 0 Å². The standard InChI is InChI=1S/C10H5N5O4/c11-4-9-12-5-14(13-9)7-2-1-6(10(16)17)3-8(7)15(18)19/h1-3,5H,(H,16,17). The topological polar surface area (TPSA) is 135 Å². The Morgan fingerprint density at radius 1 is 1.53 bits per heavy atom. The second-order valence-corrected chi connectivity index (χ2v) is 3.39. The van der Waals surface area contributed by atoms with Gasteiger partial charge in [-0.15, -0.1) is 5.10 Å². The summed E-state index contributed by atoms with van der Waals surface area (Å²) >= 11 is 0. The quantitative estimate of drug-likeness (QED) is 0.634. The van der Waals surface area contributed by atoms with Gasteiger partial charge in [0.25, 0.3) is 11.5 Å². The van der Waals surface area contributed by atoms with Crippen LogP contribution in [0.4, 0.5) is 5.69 Å². The van der Waals surface area contributed by atoms with Gasteiger partial charge in [0.05, 0.1) is 10.5 Å². The predicted octanol–water partition coefficient (Wildman–Crippen LogP) is 0.745. The van der Waals surface area contributed by atoms with E-state index in [1.807, 2.05) is 0 Å². The van der Waals surface area contributed by atoms with E-state index in [2.05, 4.69) is 10.1 Å². The molecular formula is C10H5N5O4. The number of hydrogen-bond donors (Lipinski definition) is 1. The van der Waals surface area contributed by atoms with Crippen molar-refractivity contribution in [3.8, 4) is 11.8 Å². The molecule has 1 aromatic carbocycles. The number of carboxylic acids is 1. The average Bonchev–Trinajstić information content (AvgIpc) is 2.86. The zero-order valence-electron chi connectivity index (χ0n) is 9.22. The van der Waals surface area contributed by atoms with E-state index in [4.69, 9.17) is 10.4 Å².